The van der Waals surface area contributed by atoms with E-state index in [0.29, 0.717) is 35.8 Å². The van der Waals surface area contributed by atoms with E-state index in [1.54, 1.807) is 32.0 Å². The van der Waals surface area contributed by atoms with Crippen LogP contribution in [-0.4, -0.2) is 65.6 Å². The molecule has 7 atom stereocenters. The Bertz CT molecular complexity index is 2850. The number of aryl methyl sites for hydroxylation is 1. The normalized spacial score (nSPS) is 24.7. The summed E-state index contributed by atoms with van der Waals surface area (Å²) in [5.74, 6) is 4.88. The second-order valence-electron chi connectivity index (χ2n) is 18.5. The predicted octanol–water partition coefficient (Wildman–Crippen LogP) is 8.20. The highest BCUT2D eigenvalue weighted by Gasteiger charge is 2.53. The van der Waals surface area contributed by atoms with Crippen molar-refractivity contribution in [1.29, 1.82) is 0 Å². The molecule has 346 valence electrons. The molecule has 0 spiro atoms. The van der Waals surface area contributed by atoms with Crippen molar-refractivity contribution in [1.82, 2.24) is 0 Å². The standard InChI is InChI=1S/C56H56O11/c1-34(31-58)44-18-14-36-15-19-45-40(26-36)12-6-7-23-56(2)53(66-54(44)61)52(50-48(67-56)21-17-41-29-47(55(62)65-51(41)50)42(22-24-57)32-63-33-59)64-49(60)30-43-28-39(16-20-46(43)45)38-13-8-11-37(27-38)25-35-9-4-3-5-10-35/h3-5,8-11,13,15-17,19-21,26-27,29,39,42-43,46,52-53,57-59H,12,14,18,22-25,28,30-33H2,1-2H3/b44-34-/t39-,42+,43-,46+,52+,53-,56+/m0/s1. The molecule has 11 heteroatoms. The van der Waals surface area contributed by atoms with Crippen LogP contribution in [0, 0.1) is 17.8 Å². The van der Waals surface area contributed by atoms with E-state index in [4.69, 9.17) is 23.4 Å². The lowest BCUT2D eigenvalue weighted by molar-refractivity contribution is -0.190. The fraction of sp³-hybridized carbons (Fsp3) is 0.375. The molecule has 0 radical (unpaired) electrons. The van der Waals surface area contributed by atoms with Crippen LogP contribution in [-0.2, 0) is 43.1 Å². The zero-order valence-electron chi connectivity index (χ0n) is 37.9. The fourth-order valence-corrected chi connectivity index (χ4v) is 10.4. The largest absolute Gasteiger partial charge is 0.482 e. The minimum atomic E-state index is -1.37. The second-order valence-corrected chi connectivity index (χ2v) is 18.5. The van der Waals surface area contributed by atoms with E-state index >= 15 is 0 Å². The van der Waals surface area contributed by atoms with Gasteiger partial charge >= 0.3 is 17.6 Å². The summed E-state index contributed by atoms with van der Waals surface area (Å²) >= 11 is 0. The number of allylic oxidation sites excluding steroid dienone is 2. The SMILES string of the molecule is C/C(CO)=C1\CCc2ccc3c(c2)CC#CC[C@@]2(C)Oc4ccc5cc([C@H](CCO)COCO)c(=O)oc5c4[C@@H](OC(=O)C[C@@H]4C[C@@H](c5cccc(Cc6ccccc6)c5)C=C[C@@H]34)[C@@H]2OC1=O. The zero-order valence-corrected chi connectivity index (χ0v) is 37.9. The highest BCUT2D eigenvalue weighted by atomic mass is 16.6. The van der Waals surface area contributed by atoms with Gasteiger partial charge in [-0.15, -0.1) is 0 Å². The molecule has 5 bridgehead atoms. The molecule has 3 N–H and O–H groups in total. The maximum Gasteiger partial charge on any atom is 0.339 e. The average Bonchev–Trinajstić information content (AvgIpc) is 3.32. The first kappa shape index (κ1) is 45.8. The number of hydrogen-bond acceptors (Lipinski definition) is 11. The first-order valence-corrected chi connectivity index (χ1v) is 23.2. The number of benzene rings is 4. The lowest BCUT2D eigenvalue weighted by Crippen LogP contribution is -2.54. The van der Waals surface area contributed by atoms with Crippen LogP contribution in [0.2, 0.25) is 0 Å². The number of rotatable bonds is 10. The van der Waals surface area contributed by atoms with E-state index in [2.05, 4.69) is 78.6 Å². The molecular weight excluding hydrogens is 849 g/mol. The van der Waals surface area contributed by atoms with Crippen molar-refractivity contribution in [2.75, 3.05) is 26.6 Å². The molecule has 67 heavy (non-hydrogen) atoms. The molecule has 0 amide bonds. The van der Waals surface area contributed by atoms with Crippen LogP contribution < -0.4 is 10.4 Å². The number of fused-ring (bicyclic) bond motifs is 9. The van der Waals surface area contributed by atoms with Crippen LogP contribution in [0.5, 0.6) is 5.75 Å². The molecular formula is C56H56O11. The van der Waals surface area contributed by atoms with Crippen LogP contribution in [0.1, 0.15) is 114 Å². The molecule has 1 aliphatic carbocycles. The lowest BCUT2D eigenvalue weighted by Gasteiger charge is -2.45. The summed E-state index contributed by atoms with van der Waals surface area (Å²) in [7, 11) is 0. The Morgan fingerprint density at radius 2 is 1.73 bits per heavy atom. The molecule has 4 heterocycles. The summed E-state index contributed by atoms with van der Waals surface area (Å²) < 4.78 is 31.4. The van der Waals surface area contributed by atoms with Gasteiger partial charge in [-0.3, -0.25) is 4.79 Å². The Hall–Kier alpha value is -6.29. The first-order valence-electron chi connectivity index (χ1n) is 23.2. The number of carbonyl (C=O) groups excluding carboxylic acids is 2. The Balaban J connectivity index is 1.19. The molecule has 0 fully saturated rings. The van der Waals surface area contributed by atoms with Crippen molar-refractivity contribution in [2.45, 2.75) is 101 Å². The minimum Gasteiger partial charge on any atom is -0.482 e. The fourth-order valence-electron chi connectivity index (χ4n) is 10.4. The van der Waals surface area contributed by atoms with E-state index < -0.39 is 48.1 Å². The van der Waals surface area contributed by atoms with Gasteiger partial charge in [-0.1, -0.05) is 96.8 Å². The van der Waals surface area contributed by atoms with Gasteiger partial charge in [0.05, 0.1) is 25.2 Å². The number of hydrogen-bond donors (Lipinski definition) is 3. The monoisotopic (exact) mass is 904 g/mol. The van der Waals surface area contributed by atoms with Crippen molar-refractivity contribution in [3.63, 3.8) is 0 Å². The third-order valence-electron chi connectivity index (χ3n) is 14.0. The van der Waals surface area contributed by atoms with E-state index in [0.717, 1.165) is 28.7 Å². The van der Waals surface area contributed by atoms with Crippen molar-refractivity contribution < 1.29 is 48.3 Å². The van der Waals surface area contributed by atoms with Crippen LogP contribution in [0.15, 0.2) is 124 Å². The maximum atomic E-state index is 15.0. The molecule has 11 nitrogen and oxygen atoms in total. The van der Waals surface area contributed by atoms with Gasteiger partial charge in [-0.05, 0) is 109 Å². The second kappa shape index (κ2) is 19.9. The number of ether oxygens (including phenoxy) is 4. The summed E-state index contributed by atoms with van der Waals surface area (Å²) in [6.45, 7) is 2.26. The van der Waals surface area contributed by atoms with Crippen molar-refractivity contribution >= 4 is 22.9 Å². The third-order valence-corrected chi connectivity index (χ3v) is 14.0. The summed E-state index contributed by atoms with van der Waals surface area (Å²) in [6.07, 6.45) is 4.83. The topological polar surface area (TPSA) is 162 Å². The predicted molar refractivity (Wildman–Crippen MR) is 251 cm³/mol. The average molecular weight is 905 g/mol. The Labute approximate surface area is 390 Å². The van der Waals surface area contributed by atoms with Crippen molar-refractivity contribution in [2.24, 2.45) is 5.92 Å². The highest BCUT2D eigenvalue weighted by molar-refractivity contribution is 5.90. The summed E-state index contributed by atoms with van der Waals surface area (Å²) in [5.41, 5.74) is 5.92. The molecule has 0 saturated carbocycles. The van der Waals surface area contributed by atoms with E-state index in [1.807, 2.05) is 18.2 Å². The molecule has 0 saturated heterocycles. The molecule has 4 aromatic carbocycles. The third kappa shape index (κ3) is 9.63. The van der Waals surface area contributed by atoms with Crippen LogP contribution in [0.4, 0.5) is 0 Å². The van der Waals surface area contributed by atoms with E-state index in [-0.39, 0.29) is 85.7 Å². The molecule has 5 aromatic rings. The number of esters is 2. The van der Waals surface area contributed by atoms with Gasteiger partial charge < -0.3 is 38.7 Å². The van der Waals surface area contributed by atoms with Gasteiger partial charge in [0.25, 0.3) is 0 Å². The Kier molecular flexibility index (Phi) is 13.6. The minimum absolute atomic E-state index is 0.0161. The highest BCUT2D eigenvalue weighted by Crippen LogP contribution is 2.50. The molecule has 4 aliphatic rings. The van der Waals surface area contributed by atoms with Crippen molar-refractivity contribution in [3.05, 3.63) is 169 Å². The number of carbonyl (C=O) groups is 2. The van der Waals surface area contributed by atoms with Gasteiger partial charge in [0.1, 0.15) is 18.1 Å². The molecule has 3 aliphatic heterocycles. The van der Waals surface area contributed by atoms with Crippen molar-refractivity contribution in [3.8, 4) is 17.6 Å². The zero-order chi connectivity index (χ0) is 46.7. The summed E-state index contributed by atoms with van der Waals surface area (Å²) in [6, 6.07) is 30.5. The van der Waals surface area contributed by atoms with E-state index in [9.17, 15) is 29.7 Å². The Morgan fingerprint density at radius 1 is 0.896 bits per heavy atom. The maximum absolute atomic E-state index is 15.0. The van der Waals surface area contributed by atoms with Gasteiger partial charge in [0, 0.05) is 53.7 Å². The summed E-state index contributed by atoms with van der Waals surface area (Å²) in [5, 5.41) is 30.1. The van der Waals surface area contributed by atoms with Crippen LogP contribution in [0.3, 0.4) is 0 Å². The van der Waals surface area contributed by atoms with Gasteiger partial charge in [0.15, 0.2) is 17.8 Å². The van der Waals surface area contributed by atoms with Crippen LogP contribution >= 0.6 is 0 Å². The van der Waals surface area contributed by atoms with Gasteiger partial charge in [0.2, 0.25) is 0 Å². The number of aliphatic hydroxyl groups is 3. The summed E-state index contributed by atoms with van der Waals surface area (Å²) in [4.78, 5) is 43.5. The quantitative estimate of drug-likeness (QED) is 0.0310. The van der Waals surface area contributed by atoms with Gasteiger partial charge in [-0.2, -0.15) is 0 Å². The molecule has 0 unspecified atom stereocenters. The smallest absolute Gasteiger partial charge is 0.339 e. The number of aliphatic hydroxyl groups excluding tert-OH is 3. The van der Waals surface area contributed by atoms with E-state index in [1.165, 1.54) is 11.1 Å². The Morgan fingerprint density at radius 3 is 2.54 bits per heavy atom. The first-order chi connectivity index (χ1) is 32.5. The molecule has 1 aromatic heterocycles. The van der Waals surface area contributed by atoms with Crippen LogP contribution in [0.25, 0.3) is 11.0 Å². The lowest BCUT2D eigenvalue weighted by atomic mass is 9.71. The molecule has 9 rings (SSSR count). The van der Waals surface area contributed by atoms with Gasteiger partial charge in [-0.25, -0.2) is 9.59 Å².